The summed E-state index contributed by atoms with van der Waals surface area (Å²) in [5.41, 5.74) is -0.708. The molecule has 33 heavy (non-hydrogen) atoms. The number of ether oxygens (including phenoxy) is 3. The number of hydrogen-bond acceptors (Lipinski definition) is 9. The molecule has 0 aliphatic rings. The summed E-state index contributed by atoms with van der Waals surface area (Å²) in [5, 5.41) is 29.8. The van der Waals surface area contributed by atoms with E-state index in [0.717, 1.165) is 12.1 Å². The molecule has 9 heteroatoms. The van der Waals surface area contributed by atoms with E-state index in [1.54, 1.807) is 0 Å². The van der Waals surface area contributed by atoms with Crippen LogP contribution in [0.15, 0.2) is 48.5 Å². The van der Waals surface area contributed by atoms with Crippen LogP contribution in [0.1, 0.15) is 36.6 Å². The van der Waals surface area contributed by atoms with E-state index in [2.05, 4.69) is 0 Å². The van der Waals surface area contributed by atoms with Crippen LogP contribution < -0.4 is 14.2 Å². The van der Waals surface area contributed by atoms with Crippen molar-refractivity contribution in [2.45, 2.75) is 0 Å². The highest BCUT2D eigenvalue weighted by molar-refractivity contribution is 6.50. The van der Waals surface area contributed by atoms with Crippen molar-refractivity contribution in [3.63, 3.8) is 0 Å². The first-order chi connectivity index (χ1) is 15.7. The van der Waals surface area contributed by atoms with Crippen molar-refractivity contribution >= 4 is 17.3 Å². The Labute approximate surface area is 188 Å². The van der Waals surface area contributed by atoms with Crippen molar-refractivity contribution < 1.29 is 43.9 Å². The van der Waals surface area contributed by atoms with Crippen molar-refractivity contribution in [3.8, 4) is 34.5 Å². The first-order valence-corrected chi connectivity index (χ1v) is 9.51. The first kappa shape index (κ1) is 23.1. The van der Waals surface area contributed by atoms with Gasteiger partial charge < -0.3 is 29.5 Å². The third kappa shape index (κ3) is 4.29. The standard InChI is InChI=1S/C24H20O9/c1-31-18-10-12(4-7-15(18)25)21(28)20-14(6-9-17(27)24(20)33-3)23(30)22(29)13-5-8-16(26)19(11-13)32-2/h4-11,25-27H,1-3H3. The molecule has 0 aliphatic carbocycles. The van der Waals surface area contributed by atoms with Crippen LogP contribution in [0.25, 0.3) is 0 Å². The smallest absolute Gasteiger partial charge is 0.234 e. The van der Waals surface area contributed by atoms with Gasteiger partial charge >= 0.3 is 0 Å². The summed E-state index contributed by atoms with van der Waals surface area (Å²) in [6.45, 7) is 0. The summed E-state index contributed by atoms with van der Waals surface area (Å²) >= 11 is 0. The molecule has 9 nitrogen and oxygen atoms in total. The maximum atomic E-state index is 13.3. The summed E-state index contributed by atoms with van der Waals surface area (Å²) in [6, 6.07) is 9.68. The van der Waals surface area contributed by atoms with Crippen LogP contribution in [-0.2, 0) is 0 Å². The monoisotopic (exact) mass is 452 g/mol. The van der Waals surface area contributed by atoms with Gasteiger partial charge in [-0.1, -0.05) is 0 Å². The molecule has 0 saturated carbocycles. The Morgan fingerprint density at radius 2 is 1.15 bits per heavy atom. The summed E-state index contributed by atoms with van der Waals surface area (Å²) < 4.78 is 15.2. The average molecular weight is 452 g/mol. The minimum Gasteiger partial charge on any atom is -0.504 e. The number of methoxy groups -OCH3 is 3. The predicted octanol–water partition coefficient (Wildman–Crippen LogP) is 3.13. The molecule has 3 aromatic carbocycles. The van der Waals surface area contributed by atoms with Crippen LogP contribution in [0.3, 0.4) is 0 Å². The Bertz CT molecular complexity index is 1260. The molecule has 0 spiro atoms. The van der Waals surface area contributed by atoms with Gasteiger partial charge in [-0.15, -0.1) is 0 Å². The zero-order chi connectivity index (χ0) is 24.3. The second-order valence-electron chi connectivity index (χ2n) is 6.80. The van der Waals surface area contributed by atoms with E-state index in [1.165, 1.54) is 57.7 Å². The molecule has 3 N–H and O–H groups in total. The Balaban J connectivity index is 2.14. The molecule has 0 heterocycles. The number of carbonyl (C=O) groups is 3. The fourth-order valence-corrected chi connectivity index (χ4v) is 3.23. The van der Waals surface area contributed by atoms with Gasteiger partial charge in [-0.25, -0.2) is 0 Å². The highest BCUT2D eigenvalue weighted by atomic mass is 16.5. The lowest BCUT2D eigenvalue weighted by atomic mass is 9.91. The van der Waals surface area contributed by atoms with Crippen molar-refractivity contribution in [1.29, 1.82) is 0 Å². The van der Waals surface area contributed by atoms with E-state index in [0.29, 0.717) is 0 Å². The summed E-state index contributed by atoms with van der Waals surface area (Å²) in [7, 11) is 3.79. The third-order valence-electron chi connectivity index (χ3n) is 4.90. The number of benzene rings is 3. The minimum absolute atomic E-state index is 0.00979. The number of aromatic hydroxyl groups is 3. The second kappa shape index (κ2) is 9.31. The highest BCUT2D eigenvalue weighted by Crippen LogP contribution is 2.36. The molecule has 3 aromatic rings. The van der Waals surface area contributed by atoms with Gasteiger partial charge in [0, 0.05) is 16.7 Å². The van der Waals surface area contributed by atoms with Crippen molar-refractivity contribution in [3.05, 3.63) is 70.8 Å². The van der Waals surface area contributed by atoms with Crippen LogP contribution in [-0.4, -0.2) is 54.0 Å². The zero-order valence-corrected chi connectivity index (χ0v) is 17.9. The normalized spacial score (nSPS) is 10.4. The first-order valence-electron chi connectivity index (χ1n) is 9.51. The van der Waals surface area contributed by atoms with Crippen LogP contribution in [0.4, 0.5) is 0 Å². The number of Topliss-reactive ketones (excluding diaryl/α,β-unsaturated/α-hetero) is 2. The van der Waals surface area contributed by atoms with Crippen LogP contribution in [0.2, 0.25) is 0 Å². The molecule has 0 amide bonds. The van der Waals surface area contributed by atoms with Gasteiger partial charge in [-0.3, -0.25) is 14.4 Å². The maximum Gasteiger partial charge on any atom is 0.234 e. The lowest BCUT2D eigenvalue weighted by Crippen LogP contribution is -2.19. The molecule has 0 unspecified atom stereocenters. The molecule has 0 fully saturated rings. The topological polar surface area (TPSA) is 140 Å². The fraction of sp³-hybridized carbons (Fsp3) is 0.125. The van der Waals surface area contributed by atoms with E-state index in [1.807, 2.05) is 0 Å². The number of phenolic OH excluding ortho intramolecular Hbond substituents is 3. The van der Waals surface area contributed by atoms with Gasteiger partial charge in [0.25, 0.3) is 0 Å². The second-order valence-corrected chi connectivity index (χ2v) is 6.80. The maximum absolute atomic E-state index is 13.3. The van der Waals surface area contributed by atoms with Gasteiger partial charge in [0.15, 0.2) is 40.3 Å². The zero-order valence-electron chi connectivity index (χ0n) is 17.9. The van der Waals surface area contributed by atoms with Crippen LogP contribution in [0.5, 0.6) is 34.5 Å². The molecule has 0 saturated heterocycles. The molecule has 0 atom stereocenters. The SMILES string of the molecule is COc1cc(C(=O)C(=O)c2ccc(O)c(OC)c2C(=O)c2ccc(O)c(OC)c2)ccc1O. The number of hydrogen-bond donors (Lipinski definition) is 3. The average Bonchev–Trinajstić information content (AvgIpc) is 2.83. The molecule has 0 aromatic heterocycles. The summed E-state index contributed by atoms with van der Waals surface area (Å²) in [6.07, 6.45) is 0. The fourth-order valence-electron chi connectivity index (χ4n) is 3.23. The molecular formula is C24H20O9. The lowest BCUT2D eigenvalue weighted by Gasteiger charge is -2.14. The Kier molecular flexibility index (Phi) is 6.53. The Hall–Kier alpha value is -4.53. The number of rotatable bonds is 8. The number of carbonyl (C=O) groups excluding carboxylic acids is 3. The quantitative estimate of drug-likeness (QED) is 0.347. The third-order valence-corrected chi connectivity index (χ3v) is 4.90. The largest absolute Gasteiger partial charge is 0.504 e. The Morgan fingerprint density at radius 3 is 1.70 bits per heavy atom. The Morgan fingerprint density at radius 1 is 0.636 bits per heavy atom. The molecule has 3 rings (SSSR count). The van der Waals surface area contributed by atoms with Gasteiger partial charge in [0.2, 0.25) is 11.6 Å². The van der Waals surface area contributed by atoms with E-state index in [-0.39, 0.29) is 51.0 Å². The van der Waals surface area contributed by atoms with Crippen LogP contribution in [0, 0.1) is 0 Å². The predicted molar refractivity (Wildman–Crippen MR) is 116 cm³/mol. The molecule has 0 aliphatic heterocycles. The molecular weight excluding hydrogens is 432 g/mol. The van der Waals surface area contributed by atoms with Crippen LogP contribution >= 0.6 is 0 Å². The van der Waals surface area contributed by atoms with Crippen molar-refractivity contribution in [2.24, 2.45) is 0 Å². The van der Waals surface area contributed by atoms with Gasteiger partial charge in [-0.2, -0.15) is 0 Å². The lowest BCUT2D eigenvalue weighted by molar-refractivity contribution is 0.0814. The van der Waals surface area contributed by atoms with Gasteiger partial charge in [-0.05, 0) is 48.5 Å². The van der Waals surface area contributed by atoms with E-state index in [9.17, 15) is 29.7 Å². The van der Waals surface area contributed by atoms with Crippen molar-refractivity contribution in [1.82, 2.24) is 0 Å². The van der Waals surface area contributed by atoms with E-state index < -0.39 is 23.1 Å². The minimum atomic E-state index is -1.05. The van der Waals surface area contributed by atoms with Crippen molar-refractivity contribution in [2.75, 3.05) is 21.3 Å². The molecule has 170 valence electrons. The number of ketones is 3. The van der Waals surface area contributed by atoms with Gasteiger partial charge in [0.05, 0.1) is 26.9 Å². The summed E-state index contributed by atoms with van der Waals surface area (Å²) in [5.74, 6) is -3.90. The molecule has 0 radical (unpaired) electrons. The van der Waals surface area contributed by atoms with Gasteiger partial charge in [0.1, 0.15) is 0 Å². The summed E-state index contributed by atoms with van der Waals surface area (Å²) in [4.78, 5) is 39.4. The highest BCUT2D eigenvalue weighted by Gasteiger charge is 2.30. The number of phenols is 3. The van der Waals surface area contributed by atoms with E-state index >= 15 is 0 Å². The van der Waals surface area contributed by atoms with E-state index in [4.69, 9.17) is 14.2 Å². The molecule has 0 bridgehead atoms.